The SMILES string of the molecule is C=C(N=C/C(F)=C\N)c1ccc(CC)cc1. The van der Waals surface area contributed by atoms with Gasteiger partial charge >= 0.3 is 0 Å². The minimum Gasteiger partial charge on any atom is -0.402 e. The van der Waals surface area contributed by atoms with Crippen LogP contribution in [-0.4, -0.2) is 6.21 Å². The normalized spacial score (nSPS) is 12.0. The molecule has 0 heterocycles. The molecular weight excluding hydrogens is 203 g/mol. The maximum atomic E-state index is 12.7. The largest absolute Gasteiger partial charge is 0.402 e. The van der Waals surface area contributed by atoms with Crippen LogP contribution in [0.3, 0.4) is 0 Å². The molecule has 0 amide bonds. The van der Waals surface area contributed by atoms with Crippen molar-refractivity contribution in [1.82, 2.24) is 0 Å². The van der Waals surface area contributed by atoms with Crippen LogP contribution in [0, 0.1) is 0 Å². The molecule has 1 aromatic carbocycles. The van der Waals surface area contributed by atoms with Gasteiger partial charge in [-0.05, 0) is 17.5 Å². The lowest BCUT2D eigenvalue weighted by atomic mass is 10.1. The van der Waals surface area contributed by atoms with E-state index in [9.17, 15) is 4.39 Å². The van der Waals surface area contributed by atoms with Crippen LogP contribution in [0.5, 0.6) is 0 Å². The Kier molecular flexibility index (Phi) is 4.45. The van der Waals surface area contributed by atoms with Gasteiger partial charge in [-0.15, -0.1) is 0 Å². The van der Waals surface area contributed by atoms with Crippen molar-refractivity contribution in [2.24, 2.45) is 10.7 Å². The average molecular weight is 218 g/mol. The van der Waals surface area contributed by atoms with Crippen molar-refractivity contribution >= 4 is 11.9 Å². The average Bonchev–Trinajstić information content (AvgIpc) is 2.35. The fraction of sp³-hybridized carbons (Fsp3) is 0.154. The summed E-state index contributed by atoms with van der Waals surface area (Å²) < 4.78 is 12.7. The number of allylic oxidation sites excluding steroid dienone is 1. The molecule has 0 aliphatic rings. The Balaban J connectivity index is 2.77. The van der Waals surface area contributed by atoms with E-state index in [0.29, 0.717) is 5.70 Å². The van der Waals surface area contributed by atoms with E-state index in [2.05, 4.69) is 18.5 Å². The summed E-state index contributed by atoms with van der Waals surface area (Å²) in [5, 5.41) is 0. The number of aryl methyl sites for hydroxylation is 1. The molecule has 0 radical (unpaired) electrons. The Labute approximate surface area is 95.0 Å². The second kappa shape index (κ2) is 5.85. The third-order valence-corrected chi connectivity index (χ3v) is 2.20. The van der Waals surface area contributed by atoms with Gasteiger partial charge in [0.2, 0.25) is 0 Å². The Morgan fingerprint density at radius 2 is 2.06 bits per heavy atom. The lowest BCUT2D eigenvalue weighted by Gasteiger charge is -2.01. The van der Waals surface area contributed by atoms with Crippen molar-refractivity contribution < 1.29 is 4.39 Å². The van der Waals surface area contributed by atoms with Crippen molar-refractivity contribution in [1.29, 1.82) is 0 Å². The van der Waals surface area contributed by atoms with E-state index in [0.717, 1.165) is 24.4 Å². The second-order valence-electron chi connectivity index (χ2n) is 3.31. The number of hydrogen-bond acceptors (Lipinski definition) is 2. The number of nitrogens with two attached hydrogens (primary N) is 1. The monoisotopic (exact) mass is 218 g/mol. The van der Waals surface area contributed by atoms with Crippen LogP contribution in [0.25, 0.3) is 5.70 Å². The Bertz CT molecular complexity index is 416. The molecular formula is C13H15FN2. The van der Waals surface area contributed by atoms with Crippen LogP contribution < -0.4 is 5.73 Å². The zero-order chi connectivity index (χ0) is 12.0. The Hall–Kier alpha value is -1.90. The summed E-state index contributed by atoms with van der Waals surface area (Å²) >= 11 is 0. The maximum absolute atomic E-state index is 12.7. The van der Waals surface area contributed by atoms with Gasteiger partial charge in [-0.25, -0.2) is 4.39 Å². The zero-order valence-corrected chi connectivity index (χ0v) is 9.28. The van der Waals surface area contributed by atoms with Crippen molar-refractivity contribution in [2.45, 2.75) is 13.3 Å². The number of benzene rings is 1. The number of aliphatic imine (C=N–C) groups is 1. The van der Waals surface area contributed by atoms with Crippen molar-refractivity contribution in [3.05, 3.63) is 54.0 Å². The van der Waals surface area contributed by atoms with Gasteiger partial charge in [-0.3, -0.25) is 4.99 Å². The lowest BCUT2D eigenvalue weighted by Crippen LogP contribution is -1.86. The summed E-state index contributed by atoms with van der Waals surface area (Å²) in [7, 11) is 0. The molecule has 0 fully saturated rings. The molecule has 0 bridgehead atoms. The summed E-state index contributed by atoms with van der Waals surface area (Å²) in [6, 6.07) is 7.85. The molecule has 16 heavy (non-hydrogen) atoms. The zero-order valence-electron chi connectivity index (χ0n) is 9.28. The van der Waals surface area contributed by atoms with Gasteiger partial charge in [-0.1, -0.05) is 37.8 Å². The van der Waals surface area contributed by atoms with Gasteiger partial charge in [0.15, 0.2) is 5.83 Å². The third-order valence-electron chi connectivity index (χ3n) is 2.20. The smallest absolute Gasteiger partial charge is 0.156 e. The van der Waals surface area contributed by atoms with Crippen molar-refractivity contribution in [3.8, 4) is 0 Å². The number of halogens is 1. The van der Waals surface area contributed by atoms with Crippen LogP contribution in [-0.2, 0) is 6.42 Å². The molecule has 0 aromatic heterocycles. The predicted molar refractivity (Wildman–Crippen MR) is 66.7 cm³/mol. The third kappa shape index (κ3) is 3.35. The van der Waals surface area contributed by atoms with E-state index in [1.54, 1.807) is 0 Å². The van der Waals surface area contributed by atoms with E-state index >= 15 is 0 Å². The minimum absolute atomic E-state index is 0.514. The molecule has 2 N–H and O–H groups in total. The van der Waals surface area contributed by atoms with E-state index in [4.69, 9.17) is 5.73 Å². The van der Waals surface area contributed by atoms with E-state index in [-0.39, 0.29) is 0 Å². The summed E-state index contributed by atoms with van der Waals surface area (Å²) in [5.74, 6) is -0.577. The van der Waals surface area contributed by atoms with Crippen LogP contribution in [0.2, 0.25) is 0 Å². The highest BCUT2D eigenvalue weighted by Gasteiger charge is 1.96. The van der Waals surface area contributed by atoms with Crippen LogP contribution in [0.15, 0.2) is 47.9 Å². The Morgan fingerprint density at radius 1 is 1.44 bits per heavy atom. The minimum atomic E-state index is -0.577. The molecule has 1 aromatic rings. The van der Waals surface area contributed by atoms with Crippen LogP contribution in [0.4, 0.5) is 4.39 Å². The first-order chi connectivity index (χ1) is 7.67. The molecule has 84 valence electrons. The van der Waals surface area contributed by atoms with E-state index < -0.39 is 5.83 Å². The molecule has 2 nitrogen and oxygen atoms in total. The van der Waals surface area contributed by atoms with Crippen molar-refractivity contribution in [2.75, 3.05) is 0 Å². The van der Waals surface area contributed by atoms with Gasteiger partial charge in [0.05, 0.1) is 11.9 Å². The lowest BCUT2D eigenvalue weighted by molar-refractivity contribution is 0.683. The summed E-state index contributed by atoms with van der Waals surface area (Å²) in [4.78, 5) is 3.88. The van der Waals surface area contributed by atoms with E-state index in [1.165, 1.54) is 5.56 Å². The molecule has 0 atom stereocenters. The highest BCUT2D eigenvalue weighted by Crippen LogP contribution is 2.14. The number of nitrogens with zero attached hydrogens (tertiary/aromatic N) is 1. The fourth-order valence-corrected chi connectivity index (χ4v) is 1.19. The maximum Gasteiger partial charge on any atom is 0.156 e. The highest BCUT2D eigenvalue weighted by molar-refractivity contribution is 5.82. The predicted octanol–water partition coefficient (Wildman–Crippen LogP) is 3.06. The second-order valence-corrected chi connectivity index (χ2v) is 3.31. The molecule has 0 saturated carbocycles. The van der Waals surface area contributed by atoms with Gasteiger partial charge in [0.1, 0.15) is 0 Å². The number of rotatable bonds is 4. The first-order valence-corrected chi connectivity index (χ1v) is 5.07. The van der Waals surface area contributed by atoms with Gasteiger partial charge in [0.25, 0.3) is 0 Å². The fourth-order valence-electron chi connectivity index (χ4n) is 1.19. The van der Waals surface area contributed by atoms with E-state index in [1.807, 2.05) is 24.3 Å². The molecule has 3 heteroatoms. The topological polar surface area (TPSA) is 38.4 Å². The standard InChI is InChI=1S/C13H15FN2/c1-3-11-4-6-12(7-5-11)10(2)16-9-13(14)8-15/h4-9H,2-3,15H2,1H3/b13-8+,16-9?. The molecule has 0 saturated heterocycles. The van der Waals surface area contributed by atoms with Crippen molar-refractivity contribution in [3.63, 3.8) is 0 Å². The van der Waals surface area contributed by atoms with Crippen LogP contribution >= 0.6 is 0 Å². The summed E-state index contributed by atoms with van der Waals surface area (Å²) in [6.07, 6.45) is 2.90. The van der Waals surface area contributed by atoms with Gasteiger partial charge < -0.3 is 5.73 Å². The summed E-state index contributed by atoms with van der Waals surface area (Å²) in [5.41, 5.74) is 7.61. The first-order valence-electron chi connectivity index (χ1n) is 5.07. The molecule has 0 spiro atoms. The highest BCUT2D eigenvalue weighted by atomic mass is 19.1. The molecule has 1 rings (SSSR count). The Morgan fingerprint density at radius 3 is 2.56 bits per heavy atom. The molecule has 0 aliphatic carbocycles. The molecule has 0 unspecified atom stereocenters. The molecule has 0 aliphatic heterocycles. The summed E-state index contributed by atoms with van der Waals surface area (Å²) in [6.45, 7) is 5.84. The van der Waals surface area contributed by atoms with Gasteiger partial charge in [0, 0.05) is 6.20 Å². The number of hydrogen-bond donors (Lipinski definition) is 1. The quantitative estimate of drug-likeness (QED) is 0.775. The van der Waals surface area contributed by atoms with Gasteiger partial charge in [-0.2, -0.15) is 0 Å². The van der Waals surface area contributed by atoms with Crippen LogP contribution in [0.1, 0.15) is 18.1 Å². The first kappa shape index (κ1) is 12.2.